The van der Waals surface area contributed by atoms with E-state index in [0.29, 0.717) is 0 Å². The third-order valence-corrected chi connectivity index (χ3v) is 18.7. The molecule has 0 aromatic heterocycles. The predicted octanol–water partition coefficient (Wildman–Crippen LogP) is 13.0. The first-order valence-corrected chi connectivity index (χ1v) is 26.4. The van der Waals surface area contributed by atoms with E-state index >= 15 is 0 Å². The molecule has 0 N–H and O–H groups in total. The van der Waals surface area contributed by atoms with E-state index < -0.39 is 28.9 Å². The van der Waals surface area contributed by atoms with Crippen LogP contribution in [0.4, 0.5) is 0 Å². The summed E-state index contributed by atoms with van der Waals surface area (Å²) in [5.74, 6) is 9.39. The Hall–Kier alpha value is 0.900. The van der Waals surface area contributed by atoms with Gasteiger partial charge in [-0.1, -0.05) is 102 Å². The molecule has 41 heavy (non-hydrogen) atoms. The first-order chi connectivity index (χ1) is 18.9. The molecular formula is C37H62Cl2SiZr. The van der Waals surface area contributed by atoms with Crippen molar-refractivity contribution in [3.05, 3.63) is 50.7 Å². The predicted molar refractivity (Wildman–Crippen MR) is 183 cm³/mol. The molecule has 0 nitrogen and oxygen atoms in total. The van der Waals surface area contributed by atoms with E-state index in [9.17, 15) is 0 Å². The summed E-state index contributed by atoms with van der Waals surface area (Å²) in [5.41, 5.74) is 3.87. The van der Waals surface area contributed by atoms with Crippen LogP contribution in [0.5, 0.6) is 0 Å². The van der Waals surface area contributed by atoms with E-state index in [-0.39, 0.29) is 14.9 Å². The van der Waals surface area contributed by atoms with Crippen LogP contribution in [0, 0.1) is 62.2 Å². The molecule has 0 bridgehead atoms. The fourth-order valence-electron chi connectivity index (χ4n) is 11.8. The van der Waals surface area contributed by atoms with Gasteiger partial charge in [0.1, 0.15) is 0 Å². The first-order valence-electron chi connectivity index (χ1n) is 16.9. The second-order valence-corrected chi connectivity index (χ2v) is 24.0. The fraction of sp³-hybridized carbons (Fsp3) is 0.784. The Bertz CT molecular complexity index is 892. The molecule has 5 fully saturated rings. The number of rotatable bonds is 7. The Balaban J connectivity index is 0.000000887. The van der Waals surface area contributed by atoms with Crippen molar-refractivity contribution in [2.45, 2.75) is 134 Å². The maximum atomic E-state index is 4.93. The van der Waals surface area contributed by atoms with Gasteiger partial charge in [0.05, 0.1) is 8.07 Å². The summed E-state index contributed by atoms with van der Waals surface area (Å²) < 4.78 is 0. The Morgan fingerprint density at radius 3 is 1.90 bits per heavy atom. The summed E-state index contributed by atoms with van der Waals surface area (Å²) in [5, 5.41) is 0. The van der Waals surface area contributed by atoms with E-state index in [1.54, 1.807) is 56.9 Å². The number of hydrogen-bond donors (Lipinski definition) is 0. The van der Waals surface area contributed by atoms with Crippen LogP contribution in [0.15, 0.2) is 30.3 Å². The van der Waals surface area contributed by atoms with Gasteiger partial charge in [-0.05, 0) is 115 Å². The van der Waals surface area contributed by atoms with Crippen molar-refractivity contribution in [2.24, 2.45) is 47.3 Å². The van der Waals surface area contributed by atoms with Gasteiger partial charge in [0.15, 0.2) is 0 Å². The molecule has 11 atom stereocenters. The zero-order valence-corrected chi connectivity index (χ0v) is 32.4. The van der Waals surface area contributed by atoms with Gasteiger partial charge in [0.25, 0.3) is 0 Å². The monoisotopic (exact) mass is 694 g/mol. The molecule has 5 aliphatic carbocycles. The normalized spacial score (nSPS) is 38.1. The molecule has 4 heteroatoms. The second-order valence-electron chi connectivity index (χ2n) is 15.1. The van der Waals surface area contributed by atoms with Crippen molar-refractivity contribution < 1.29 is 20.8 Å². The van der Waals surface area contributed by atoms with Crippen LogP contribution in [0.2, 0.25) is 24.2 Å². The van der Waals surface area contributed by atoms with Gasteiger partial charge in [0, 0.05) is 0 Å². The van der Waals surface area contributed by atoms with Crippen LogP contribution in [0.3, 0.4) is 0 Å². The van der Waals surface area contributed by atoms with Crippen molar-refractivity contribution in [2.75, 3.05) is 0 Å². The van der Waals surface area contributed by atoms with E-state index in [1.807, 2.05) is 0 Å². The number of halogens is 2. The summed E-state index contributed by atoms with van der Waals surface area (Å²) in [6.45, 7) is 10.8. The minimum atomic E-state index is -1.34. The molecule has 1 aromatic rings. The molecule has 5 saturated carbocycles. The van der Waals surface area contributed by atoms with Crippen molar-refractivity contribution in [1.29, 1.82) is 0 Å². The molecule has 6 rings (SSSR count). The van der Waals surface area contributed by atoms with E-state index in [1.165, 1.54) is 38.5 Å². The van der Waals surface area contributed by atoms with Crippen molar-refractivity contribution in [3.8, 4) is 0 Å². The maximum absolute atomic E-state index is 4.93. The topological polar surface area (TPSA) is 0 Å². The summed E-state index contributed by atoms with van der Waals surface area (Å²) >= 11 is -0.826. The minimum absolute atomic E-state index is 0. The van der Waals surface area contributed by atoms with E-state index in [4.69, 9.17) is 17.0 Å². The van der Waals surface area contributed by atoms with Gasteiger partial charge in [-0.15, -0.1) is 0 Å². The molecule has 0 amide bonds. The fourth-order valence-corrected chi connectivity index (χ4v) is 17.1. The molecule has 5 aliphatic rings. The van der Waals surface area contributed by atoms with Gasteiger partial charge in [0.2, 0.25) is 0 Å². The summed E-state index contributed by atoms with van der Waals surface area (Å²) in [4.78, 5) is 0. The Kier molecular flexibility index (Phi) is 14.6. The number of hydrogen-bond acceptors (Lipinski definition) is 0. The Labute approximate surface area is 276 Å². The van der Waals surface area contributed by atoms with Crippen LogP contribution in [0.1, 0.15) is 115 Å². The van der Waals surface area contributed by atoms with E-state index in [2.05, 4.69) is 57.3 Å². The average Bonchev–Trinajstić information content (AvgIpc) is 3.67. The number of benzene rings is 1. The quantitative estimate of drug-likeness (QED) is 0.197. The van der Waals surface area contributed by atoms with Crippen molar-refractivity contribution in [1.82, 2.24) is 0 Å². The van der Waals surface area contributed by atoms with Gasteiger partial charge in [-0.2, -0.15) is 0 Å². The summed E-state index contributed by atoms with van der Waals surface area (Å²) in [6, 6.07) is 11.6. The van der Waals surface area contributed by atoms with Gasteiger partial charge in [-0.25, -0.2) is 0 Å². The van der Waals surface area contributed by atoms with Crippen molar-refractivity contribution in [3.63, 3.8) is 0 Å². The third kappa shape index (κ3) is 7.66. The molecule has 0 heterocycles. The Morgan fingerprint density at radius 1 is 0.732 bits per heavy atom. The Morgan fingerprint density at radius 2 is 1.29 bits per heavy atom. The van der Waals surface area contributed by atoms with Crippen LogP contribution >= 0.6 is 17.0 Å². The molecule has 0 radical (unpaired) electrons. The SMILES string of the molecule is CCC(CC1CC([Si](C)(C)C2CC(CC)C3CCCCC32)C2CC3CCCC3CC12)c1ccccc1.[CH3-].[CH3-].[Cl][Zr+2][Cl]. The van der Waals surface area contributed by atoms with Gasteiger partial charge in [-0.3, -0.25) is 0 Å². The third-order valence-electron chi connectivity index (χ3n) is 13.5. The van der Waals surface area contributed by atoms with Crippen LogP contribution in [-0.4, -0.2) is 8.07 Å². The molecule has 11 unspecified atom stereocenters. The zero-order valence-electron chi connectivity index (χ0n) is 27.4. The molecule has 0 aliphatic heterocycles. The van der Waals surface area contributed by atoms with Crippen LogP contribution in [-0.2, 0) is 20.8 Å². The second kappa shape index (κ2) is 16.5. The molecule has 0 spiro atoms. The summed E-state index contributed by atoms with van der Waals surface area (Å²) in [7, 11) is 8.53. The number of fused-ring (bicyclic) bond motifs is 3. The molecule has 0 saturated heterocycles. The zero-order chi connectivity index (χ0) is 27.6. The van der Waals surface area contributed by atoms with Gasteiger partial charge < -0.3 is 14.9 Å². The van der Waals surface area contributed by atoms with Crippen LogP contribution < -0.4 is 0 Å². The molecular weight excluding hydrogens is 635 g/mol. The van der Waals surface area contributed by atoms with Gasteiger partial charge >= 0.3 is 37.9 Å². The van der Waals surface area contributed by atoms with Crippen LogP contribution in [0.25, 0.3) is 0 Å². The molecule has 1 aromatic carbocycles. The summed E-state index contributed by atoms with van der Waals surface area (Å²) in [6.07, 6.45) is 21.6. The molecule has 232 valence electrons. The average molecular weight is 697 g/mol. The van der Waals surface area contributed by atoms with Crippen molar-refractivity contribution >= 4 is 25.1 Å². The van der Waals surface area contributed by atoms with E-state index in [0.717, 1.165) is 64.3 Å². The standard InChI is InChI=1S/C35H56Si.2CH3.2ClH.Zr/c1-5-24(26-13-8-7-9-14-26)19-29-23-35(33-21-28-16-12-15-27(28)20-32(29)33)36(3,4)34-22-25(6-2)30-17-10-11-18-31(30)34;;;;;/h7-9,13-14,24-25,27-35H,5-6,10-12,15-23H2,1-4H3;2*1H3;2*1H;/q;2*-1;;;+4/p-2. The first kappa shape index (κ1) is 36.4.